The van der Waals surface area contributed by atoms with Crippen LogP contribution in [-0.4, -0.2) is 32.1 Å². The minimum Gasteiger partial charge on any atom is -0.465 e. The standard InChI is InChI=1S/C13H12N2O5/c1-19-12(17)8-4-3-5-9(11(8)13(18)20-2)15-10(16)6-7-14/h3-5H,6H2,1-2H3,(H,15,16). The molecule has 0 saturated carbocycles. The van der Waals surface area contributed by atoms with Gasteiger partial charge in [0.25, 0.3) is 0 Å². The zero-order valence-corrected chi connectivity index (χ0v) is 10.9. The van der Waals surface area contributed by atoms with Crippen molar-refractivity contribution in [2.75, 3.05) is 19.5 Å². The number of hydrogen-bond donors (Lipinski definition) is 1. The number of carbonyl (C=O) groups is 3. The van der Waals surface area contributed by atoms with Gasteiger partial charge in [-0.2, -0.15) is 5.26 Å². The molecule has 0 aromatic heterocycles. The third kappa shape index (κ3) is 3.32. The fourth-order valence-electron chi connectivity index (χ4n) is 1.52. The first kappa shape index (κ1) is 15.2. The van der Waals surface area contributed by atoms with Crippen molar-refractivity contribution in [3.8, 4) is 6.07 Å². The molecule has 0 fully saturated rings. The number of hydrogen-bond acceptors (Lipinski definition) is 6. The summed E-state index contributed by atoms with van der Waals surface area (Å²) < 4.78 is 9.16. The summed E-state index contributed by atoms with van der Waals surface area (Å²) in [6.45, 7) is 0. The second-order valence-corrected chi connectivity index (χ2v) is 3.59. The lowest BCUT2D eigenvalue weighted by atomic mass is 10.0. The van der Waals surface area contributed by atoms with Crippen molar-refractivity contribution in [3.63, 3.8) is 0 Å². The largest absolute Gasteiger partial charge is 0.465 e. The highest BCUT2D eigenvalue weighted by molar-refractivity contribution is 6.09. The number of nitrogens with one attached hydrogen (secondary N) is 1. The average Bonchev–Trinajstić information content (AvgIpc) is 2.45. The topological polar surface area (TPSA) is 105 Å². The maximum Gasteiger partial charge on any atom is 0.340 e. The van der Waals surface area contributed by atoms with Gasteiger partial charge in [0.1, 0.15) is 6.42 Å². The third-order valence-electron chi connectivity index (χ3n) is 2.37. The van der Waals surface area contributed by atoms with E-state index in [0.29, 0.717) is 0 Å². The van der Waals surface area contributed by atoms with Gasteiger partial charge in [-0.05, 0) is 12.1 Å². The van der Waals surface area contributed by atoms with Crippen molar-refractivity contribution in [2.45, 2.75) is 6.42 Å². The van der Waals surface area contributed by atoms with E-state index in [0.717, 1.165) is 7.11 Å². The first-order valence-corrected chi connectivity index (χ1v) is 5.51. The van der Waals surface area contributed by atoms with Crippen molar-refractivity contribution in [1.82, 2.24) is 0 Å². The summed E-state index contributed by atoms with van der Waals surface area (Å²) >= 11 is 0. The van der Waals surface area contributed by atoms with E-state index in [9.17, 15) is 14.4 Å². The molecule has 7 heteroatoms. The van der Waals surface area contributed by atoms with Crippen molar-refractivity contribution in [3.05, 3.63) is 29.3 Å². The Kier molecular flexibility index (Phi) is 5.23. The number of amides is 1. The van der Waals surface area contributed by atoms with E-state index in [2.05, 4.69) is 14.8 Å². The van der Waals surface area contributed by atoms with Gasteiger partial charge in [0.15, 0.2) is 0 Å². The van der Waals surface area contributed by atoms with E-state index in [1.165, 1.54) is 25.3 Å². The SMILES string of the molecule is COC(=O)c1cccc(NC(=O)CC#N)c1C(=O)OC. The maximum atomic E-state index is 11.8. The summed E-state index contributed by atoms with van der Waals surface area (Å²) in [6, 6.07) is 5.95. The van der Waals surface area contributed by atoms with Crippen LogP contribution in [0.15, 0.2) is 18.2 Å². The van der Waals surface area contributed by atoms with Crippen molar-refractivity contribution in [2.24, 2.45) is 0 Å². The molecular weight excluding hydrogens is 264 g/mol. The summed E-state index contributed by atoms with van der Waals surface area (Å²) in [5.41, 5.74) is -0.0674. The van der Waals surface area contributed by atoms with Crippen LogP contribution in [-0.2, 0) is 14.3 Å². The molecule has 1 amide bonds. The quantitative estimate of drug-likeness (QED) is 0.826. The first-order valence-electron chi connectivity index (χ1n) is 5.51. The number of carbonyl (C=O) groups excluding carboxylic acids is 3. The Labute approximate surface area is 115 Å². The van der Waals surface area contributed by atoms with Gasteiger partial charge in [-0.25, -0.2) is 9.59 Å². The minimum absolute atomic E-state index is 0.0332. The fraction of sp³-hybridized carbons (Fsp3) is 0.231. The Morgan fingerprint density at radius 1 is 1.20 bits per heavy atom. The van der Waals surface area contributed by atoms with Gasteiger partial charge in [0.05, 0.1) is 37.1 Å². The summed E-state index contributed by atoms with van der Waals surface area (Å²) in [4.78, 5) is 34.8. The van der Waals surface area contributed by atoms with Crippen LogP contribution >= 0.6 is 0 Å². The number of methoxy groups -OCH3 is 2. The average molecular weight is 276 g/mol. The molecule has 0 saturated heterocycles. The van der Waals surface area contributed by atoms with E-state index in [-0.39, 0.29) is 23.2 Å². The van der Waals surface area contributed by atoms with Crippen LogP contribution in [0.2, 0.25) is 0 Å². The van der Waals surface area contributed by atoms with E-state index in [1.54, 1.807) is 6.07 Å². The number of ether oxygens (including phenoxy) is 2. The lowest BCUT2D eigenvalue weighted by Gasteiger charge is -2.12. The Hall–Kier alpha value is -2.88. The summed E-state index contributed by atoms with van der Waals surface area (Å²) in [6.07, 6.45) is -0.372. The Balaban J connectivity index is 3.30. The number of nitriles is 1. The molecule has 0 aliphatic heterocycles. The number of nitrogens with zero attached hydrogens (tertiary/aromatic N) is 1. The van der Waals surface area contributed by atoms with Crippen LogP contribution in [0.1, 0.15) is 27.1 Å². The van der Waals surface area contributed by atoms with Crippen molar-refractivity contribution >= 4 is 23.5 Å². The van der Waals surface area contributed by atoms with Gasteiger partial charge in [0.2, 0.25) is 5.91 Å². The Bertz CT molecular complexity index is 589. The molecule has 104 valence electrons. The molecule has 0 spiro atoms. The summed E-state index contributed by atoms with van der Waals surface area (Å²) in [7, 11) is 2.32. The van der Waals surface area contributed by atoms with E-state index < -0.39 is 17.8 Å². The Morgan fingerprint density at radius 2 is 1.85 bits per heavy atom. The second kappa shape index (κ2) is 6.89. The highest BCUT2D eigenvalue weighted by Crippen LogP contribution is 2.22. The molecular formula is C13H12N2O5. The normalized spacial score (nSPS) is 9.25. The van der Waals surface area contributed by atoms with Crippen LogP contribution < -0.4 is 5.32 Å². The van der Waals surface area contributed by atoms with Gasteiger partial charge in [-0.3, -0.25) is 4.79 Å². The van der Waals surface area contributed by atoms with Gasteiger partial charge in [-0.15, -0.1) is 0 Å². The lowest BCUT2D eigenvalue weighted by Crippen LogP contribution is -2.18. The molecule has 7 nitrogen and oxygen atoms in total. The molecule has 0 aliphatic rings. The zero-order chi connectivity index (χ0) is 15.1. The smallest absolute Gasteiger partial charge is 0.340 e. The molecule has 0 bridgehead atoms. The van der Waals surface area contributed by atoms with E-state index in [1.807, 2.05) is 0 Å². The van der Waals surface area contributed by atoms with Crippen LogP contribution in [0.3, 0.4) is 0 Å². The molecule has 1 rings (SSSR count). The molecule has 1 aromatic carbocycles. The highest BCUT2D eigenvalue weighted by atomic mass is 16.5. The van der Waals surface area contributed by atoms with E-state index >= 15 is 0 Å². The lowest BCUT2D eigenvalue weighted by molar-refractivity contribution is -0.115. The second-order valence-electron chi connectivity index (χ2n) is 3.59. The fourth-order valence-corrected chi connectivity index (χ4v) is 1.52. The monoisotopic (exact) mass is 276 g/mol. The molecule has 1 aromatic rings. The number of anilines is 1. The maximum absolute atomic E-state index is 11.8. The first-order chi connectivity index (χ1) is 9.54. The number of benzene rings is 1. The molecule has 1 N–H and O–H groups in total. The predicted octanol–water partition coefficient (Wildman–Crippen LogP) is 1.11. The summed E-state index contributed by atoms with van der Waals surface area (Å²) in [5.74, 6) is -2.13. The minimum atomic E-state index is -0.793. The summed E-state index contributed by atoms with van der Waals surface area (Å²) in [5, 5.41) is 10.8. The molecule has 0 radical (unpaired) electrons. The van der Waals surface area contributed by atoms with Gasteiger partial charge in [-0.1, -0.05) is 6.07 Å². The number of esters is 2. The number of rotatable bonds is 4. The third-order valence-corrected chi connectivity index (χ3v) is 2.37. The van der Waals surface area contributed by atoms with E-state index in [4.69, 9.17) is 5.26 Å². The molecule has 20 heavy (non-hydrogen) atoms. The highest BCUT2D eigenvalue weighted by Gasteiger charge is 2.23. The van der Waals surface area contributed by atoms with Crippen LogP contribution in [0.4, 0.5) is 5.69 Å². The van der Waals surface area contributed by atoms with Gasteiger partial charge >= 0.3 is 11.9 Å². The van der Waals surface area contributed by atoms with Gasteiger partial charge in [0, 0.05) is 0 Å². The predicted molar refractivity (Wildman–Crippen MR) is 68.0 cm³/mol. The molecule has 0 heterocycles. The van der Waals surface area contributed by atoms with Crippen LogP contribution in [0.5, 0.6) is 0 Å². The molecule has 0 unspecified atom stereocenters. The molecule has 0 aliphatic carbocycles. The van der Waals surface area contributed by atoms with Crippen molar-refractivity contribution < 1.29 is 23.9 Å². The van der Waals surface area contributed by atoms with Crippen molar-refractivity contribution in [1.29, 1.82) is 5.26 Å². The van der Waals surface area contributed by atoms with Gasteiger partial charge < -0.3 is 14.8 Å². The van der Waals surface area contributed by atoms with Crippen LogP contribution in [0, 0.1) is 11.3 Å². The Morgan fingerprint density at radius 3 is 2.40 bits per heavy atom. The van der Waals surface area contributed by atoms with Crippen LogP contribution in [0.25, 0.3) is 0 Å². The molecule has 0 atom stereocenters. The zero-order valence-electron chi connectivity index (χ0n) is 10.9.